The van der Waals surface area contributed by atoms with Crippen LogP contribution in [0.5, 0.6) is 0 Å². The van der Waals surface area contributed by atoms with Crippen LogP contribution < -0.4 is 9.80 Å². The Hall–Kier alpha value is -10.5. The van der Waals surface area contributed by atoms with Crippen LogP contribution in [0.25, 0.3) is 83.1 Å². The molecule has 1 heterocycles. The molecular weight excluding hydrogens is 979 g/mol. The lowest BCUT2D eigenvalue weighted by Crippen LogP contribution is -2.11. The van der Waals surface area contributed by atoms with Crippen LogP contribution in [0.3, 0.4) is 0 Å². The fourth-order valence-corrected chi connectivity index (χ4v) is 11.5. The zero-order chi connectivity index (χ0) is 54.5. The van der Waals surface area contributed by atoms with Crippen LogP contribution in [0, 0.1) is 0 Å². The molecule has 0 spiro atoms. The second-order valence-corrected chi connectivity index (χ2v) is 20.6. The minimum absolute atomic E-state index is 0.757. The minimum Gasteiger partial charge on any atom is -0.310 e. The number of anilines is 6. The van der Waals surface area contributed by atoms with Gasteiger partial charge >= 0.3 is 0 Å². The number of nitrogens with zero attached hydrogens (tertiary/aromatic N) is 3. The molecule has 13 aromatic rings. The van der Waals surface area contributed by atoms with E-state index in [9.17, 15) is 0 Å². The summed E-state index contributed by atoms with van der Waals surface area (Å²) in [7, 11) is 0. The van der Waals surface area contributed by atoms with Crippen LogP contribution in [0.15, 0.2) is 323 Å². The van der Waals surface area contributed by atoms with E-state index in [0.717, 1.165) is 119 Å². The smallest absolute Gasteiger partial charge is 0.0542 e. The first-order chi connectivity index (χ1) is 40.0. The summed E-state index contributed by atoms with van der Waals surface area (Å²) in [5.41, 5.74) is 23.6. The predicted octanol–water partition coefficient (Wildman–Crippen LogP) is 21.5. The number of fused-ring (bicyclic) bond motifs is 3. The van der Waals surface area contributed by atoms with E-state index in [1.54, 1.807) is 0 Å². The Kier molecular flexibility index (Phi) is 13.9. The summed E-state index contributed by atoms with van der Waals surface area (Å²) in [6, 6.07) is 108. The molecule has 0 aliphatic heterocycles. The van der Waals surface area contributed by atoms with Gasteiger partial charge < -0.3 is 14.4 Å². The second kappa shape index (κ2) is 22.5. The van der Waals surface area contributed by atoms with Gasteiger partial charge in [-0.15, -0.1) is 13.2 Å². The van der Waals surface area contributed by atoms with Crippen molar-refractivity contribution in [1.82, 2.24) is 4.57 Å². The summed E-state index contributed by atoms with van der Waals surface area (Å²) in [5.74, 6) is 0. The van der Waals surface area contributed by atoms with Crippen molar-refractivity contribution >= 4 is 55.9 Å². The summed E-state index contributed by atoms with van der Waals surface area (Å²) < 4.78 is 2.43. The maximum Gasteiger partial charge on any atom is 0.0542 e. The number of hydrogen-bond donors (Lipinski definition) is 0. The van der Waals surface area contributed by atoms with E-state index in [2.05, 4.69) is 325 Å². The molecule has 0 aliphatic rings. The van der Waals surface area contributed by atoms with Crippen molar-refractivity contribution in [2.24, 2.45) is 0 Å². The summed E-state index contributed by atoms with van der Waals surface area (Å²) in [4.78, 5) is 4.87. The highest BCUT2D eigenvalue weighted by Gasteiger charge is 2.23. The third-order valence-corrected chi connectivity index (χ3v) is 15.4. The number of rotatable bonds is 16. The molecule has 12 aromatic carbocycles. The average Bonchev–Trinajstić information content (AvgIpc) is 4.14. The van der Waals surface area contributed by atoms with Gasteiger partial charge in [0.25, 0.3) is 0 Å². The van der Waals surface area contributed by atoms with Crippen molar-refractivity contribution in [3.8, 4) is 61.3 Å². The van der Waals surface area contributed by atoms with Crippen LogP contribution in [0.2, 0.25) is 0 Å². The molecule has 0 bridgehead atoms. The summed E-state index contributed by atoms with van der Waals surface area (Å²) >= 11 is 0. The molecule has 0 saturated heterocycles. The molecule has 0 aliphatic carbocycles. The fourth-order valence-electron chi connectivity index (χ4n) is 11.5. The largest absolute Gasteiger partial charge is 0.310 e. The van der Waals surface area contributed by atoms with Crippen molar-refractivity contribution in [2.75, 3.05) is 9.80 Å². The van der Waals surface area contributed by atoms with Crippen LogP contribution >= 0.6 is 0 Å². The molecule has 0 amide bonds. The highest BCUT2D eigenvalue weighted by atomic mass is 15.2. The molecule has 81 heavy (non-hydrogen) atoms. The van der Waals surface area contributed by atoms with E-state index < -0.39 is 0 Å². The third-order valence-electron chi connectivity index (χ3n) is 15.4. The summed E-state index contributed by atoms with van der Waals surface area (Å²) in [5, 5.41) is 2.27. The maximum absolute atomic E-state index is 4.13. The van der Waals surface area contributed by atoms with Gasteiger partial charge in [-0.2, -0.15) is 0 Å². The second-order valence-electron chi connectivity index (χ2n) is 20.6. The lowest BCUT2D eigenvalue weighted by molar-refractivity contribution is 1.18. The topological polar surface area (TPSA) is 11.4 Å². The van der Waals surface area contributed by atoms with E-state index in [-0.39, 0.29) is 0 Å². The zero-order valence-electron chi connectivity index (χ0n) is 45.1. The summed E-state index contributed by atoms with van der Waals surface area (Å²) in [6.07, 6.45) is 5.48. The van der Waals surface area contributed by atoms with Crippen molar-refractivity contribution in [3.05, 3.63) is 334 Å². The lowest BCUT2D eigenvalue weighted by Gasteiger charge is -2.28. The first-order valence-corrected chi connectivity index (χ1v) is 27.8. The van der Waals surface area contributed by atoms with Gasteiger partial charge in [0.05, 0.1) is 11.0 Å². The van der Waals surface area contributed by atoms with E-state index in [1.807, 2.05) is 12.2 Å². The molecule has 0 saturated carbocycles. The van der Waals surface area contributed by atoms with Crippen LogP contribution in [0.4, 0.5) is 34.1 Å². The lowest BCUT2D eigenvalue weighted by atomic mass is 9.97. The van der Waals surface area contributed by atoms with Crippen LogP contribution in [-0.4, -0.2) is 4.57 Å². The molecule has 3 nitrogen and oxygen atoms in total. The molecule has 1 aromatic heterocycles. The van der Waals surface area contributed by atoms with Crippen molar-refractivity contribution < 1.29 is 0 Å². The van der Waals surface area contributed by atoms with E-state index in [4.69, 9.17) is 0 Å². The molecule has 0 radical (unpaired) electrons. The van der Waals surface area contributed by atoms with Gasteiger partial charge in [-0.05, 0) is 189 Å². The molecule has 13 rings (SSSR count). The van der Waals surface area contributed by atoms with Crippen molar-refractivity contribution in [2.45, 2.75) is 12.8 Å². The summed E-state index contributed by atoms with van der Waals surface area (Å²) in [6.45, 7) is 8.26. The molecule has 386 valence electrons. The molecule has 0 atom stereocenters. The third kappa shape index (κ3) is 10.3. The first kappa shape index (κ1) is 50.1. The molecule has 0 N–H and O–H groups in total. The highest BCUT2D eigenvalue weighted by molar-refractivity contribution is 6.12. The number of benzene rings is 12. The standard InChI is InChI=1S/C78H59N3/c1-3-22-56-24-20-36-69(46-56)79(73-50-64(59-28-12-6-13-29-59)48-65(51-73)60-30-14-7-15-31-60)71-42-44-77-75(54-71)76-55-72(43-45-78(76)81(77)68-40-38-63(39-41-68)58-26-10-5-11-27-58)80(70-37-21-25-57(47-70)23-4-2)74-52-66(61-32-16-8-17-33-61)49-67(53-74)62-34-18-9-19-35-62/h3-21,24-55H,1-2,22-23H2. The molecule has 0 unspecified atom stereocenters. The Labute approximate surface area is 475 Å². The predicted molar refractivity (Wildman–Crippen MR) is 345 cm³/mol. The quantitative estimate of drug-likeness (QED) is 0.0894. The van der Waals surface area contributed by atoms with E-state index >= 15 is 0 Å². The normalized spacial score (nSPS) is 11.2. The monoisotopic (exact) mass is 1040 g/mol. The highest BCUT2D eigenvalue weighted by Crippen LogP contribution is 2.46. The Morgan fingerprint density at radius 2 is 0.580 bits per heavy atom. The van der Waals surface area contributed by atoms with Gasteiger partial charge in [0, 0.05) is 50.6 Å². The van der Waals surface area contributed by atoms with E-state index in [0.29, 0.717) is 0 Å². The SMILES string of the molecule is C=CCc1cccc(N(c2cc(-c3ccccc3)cc(-c3ccccc3)c2)c2ccc3c(c2)c2cc(N(c4cccc(CC=C)c4)c4cc(-c5ccccc5)cc(-c5ccccc5)c4)ccc2n3-c2ccc(-c3ccccc3)cc2)c1. The van der Waals surface area contributed by atoms with Gasteiger partial charge in [0.1, 0.15) is 0 Å². The minimum atomic E-state index is 0.757. The van der Waals surface area contributed by atoms with Crippen molar-refractivity contribution in [1.29, 1.82) is 0 Å². The maximum atomic E-state index is 4.13. The van der Waals surface area contributed by atoms with Crippen molar-refractivity contribution in [3.63, 3.8) is 0 Å². The van der Waals surface area contributed by atoms with E-state index in [1.165, 1.54) is 22.3 Å². The Morgan fingerprint density at radius 1 is 0.259 bits per heavy atom. The molecular formula is C78H59N3. The number of allylic oxidation sites excluding steroid dienone is 2. The molecule has 0 fully saturated rings. The Bertz CT molecular complexity index is 4000. The van der Waals surface area contributed by atoms with Crippen LogP contribution in [-0.2, 0) is 12.8 Å². The number of aromatic nitrogens is 1. The first-order valence-electron chi connectivity index (χ1n) is 27.8. The average molecular weight is 1040 g/mol. The number of hydrogen-bond acceptors (Lipinski definition) is 2. The molecule has 3 heteroatoms. The Morgan fingerprint density at radius 3 is 0.926 bits per heavy atom. The fraction of sp³-hybridized carbons (Fsp3) is 0.0256. The van der Waals surface area contributed by atoms with Gasteiger partial charge in [0.2, 0.25) is 0 Å². The van der Waals surface area contributed by atoms with Gasteiger partial charge in [0.15, 0.2) is 0 Å². The van der Waals surface area contributed by atoms with Gasteiger partial charge in [-0.1, -0.05) is 200 Å². The van der Waals surface area contributed by atoms with Gasteiger partial charge in [-0.3, -0.25) is 0 Å². The van der Waals surface area contributed by atoms with Crippen LogP contribution in [0.1, 0.15) is 11.1 Å². The Balaban J connectivity index is 1.07. The van der Waals surface area contributed by atoms with Gasteiger partial charge in [-0.25, -0.2) is 0 Å². The zero-order valence-corrected chi connectivity index (χ0v) is 45.1.